The maximum Gasteiger partial charge on any atom is 0.407 e. The van der Waals surface area contributed by atoms with E-state index in [1.165, 1.54) is 11.3 Å². The molecule has 2 aliphatic heterocycles. The first-order valence-corrected chi connectivity index (χ1v) is 11.5. The highest BCUT2D eigenvalue weighted by atomic mass is 19.4. The first-order chi connectivity index (χ1) is 15.8. The van der Waals surface area contributed by atoms with Gasteiger partial charge in [0.15, 0.2) is 5.92 Å². The van der Waals surface area contributed by atoms with E-state index in [1.807, 2.05) is 25.1 Å². The van der Waals surface area contributed by atoms with Crippen LogP contribution in [0.2, 0.25) is 0 Å². The summed E-state index contributed by atoms with van der Waals surface area (Å²) in [7, 11) is 0. The number of hydrogen-bond donors (Lipinski definition) is 1. The Balaban J connectivity index is 1.80. The summed E-state index contributed by atoms with van der Waals surface area (Å²) in [5.41, 5.74) is 2.86. The van der Waals surface area contributed by atoms with Crippen LogP contribution in [0, 0.1) is 12.8 Å². The van der Waals surface area contributed by atoms with Crippen LogP contribution in [0.1, 0.15) is 42.9 Å². The van der Waals surface area contributed by atoms with Gasteiger partial charge in [-0.3, -0.25) is 9.80 Å². The van der Waals surface area contributed by atoms with Crippen molar-refractivity contribution in [2.75, 3.05) is 26.2 Å². The van der Waals surface area contributed by atoms with Gasteiger partial charge in [-0.05, 0) is 49.9 Å². The average molecular weight is 496 g/mol. The van der Waals surface area contributed by atoms with E-state index < -0.39 is 43.5 Å². The second-order valence-corrected chi connectivity index (χ2v) is 9.36. The van der Waals surface area contributed by atoms with Crippen LogP contribution in [0.4, 0.5) is 31.1 Å². The summed E-state index contributed by atoms with van der Waals surface area (Å²) in [6.45, 7) is 4.95. The van der Waals surface area contributed by atoms with Gasteiger partial charge in [0.1, 0.15) is 0 Å². The van der Waals surface area contributed by atoms with E-state index in [9.17, 15) is 36.2 Å². The number of likely N-dealkylation sites (tertiary alicyclic amines) is 1. The van der Waals surface area contributed by atoms with Gasteiger partial charge in [-0.15, -0.1) is 0 Å². The summed E-state index contributed by atoms with van der Waals surface area (Å²) in [6.07, 6.45) is -9.57. The maximum absolute atomic E-state index is 13.4. The first kappa shape index (κ1) is 26.6. The Morgan fingerprint density at radius 1 is 1.03 bits per heavy atom. The van der Waals surface area contributed by atoms with Gasteiger partial charge in [0.25, 0.3) is 0 Å². The van der Waals surface area contributed by atoms with Gasteiger partial charge in [0, 0.05) is 38.8 Å². The standard InChI is InChI=1S/C23H31F6N3O2/c1-15-6-3-4-9-31(15)13-18-8-5-7-17(16(18)2)12-30-10-11-32(21(33)34)19(14-30)20(22(24,25)26)23(27,28)29/h5,7-8,15,19-20H,3-4,6,9-14H2,1-2H3,(H,33,34). The minimum Gasteiger partial charge on any atom is -0.465 e. The molecule has 2 unspecified atom stereocenters. The molecule has 192 valence electrons. The molecule has 11 heteroatoms. The molecule has 1 N–H and O–H groups in total. The zero-order chi connectivity index (χ0) is 25.3. The van der Waals surface area contributed by atoms with Gasteiger partial charge in [-0.2, -0.15) is 26.3 Å². The molecule has 1 amide bonds. The fraction of sp³-hybridized carbons (Fsp3) is 0.696. The number of rotatable bonds is 5. The number of hydrogen-bond acceptors (Lipinski definition) is 3. The number of nitrogens with zero attached hydrogens (tertiary/aromatic N) is 3. The van der Waals surface area contributed by atoms with Crippen molar-refractivity contribution in [2.24, 2.45) is 5.92 Å². The predicted molar refractivity (Wildman–Crippen MR) is 114 cm³/mol. The lowest BCUT2D eigenvalue weighted by Crippen LogP contribution is -2.62. The Bertz CT molecular complexity index is 846. The third kappa shape index (κ3) is 6.16. The quantitative estimate of drug-likeness (QED) is 0.565. The van der Waals surface area contributed by atoms with E-state index in [0.29, 0.717) is 6.04 Å². The number of halogens is 6. The zero-order valence-electron chi connectivity index (χ0n) is 19.3. The Morgan fingerprint density at radius 3 is 2.21 bits per heavy atom. The number of benzene rings is 1. The van der Waals surface area contributed by atoms with Crippen LogP contribution in [0.3, 0.4) is 0 Å². The number of carboxylic acid groups (broad SMARTS) is 1. The summed E-state index contributed by atoms with van der Waals surface area (Å²) in [4.78, 5) is 15.6. The summed E-state index contributed by atoms with van der Waals surface area (Å²) in [5, 5.41) is 9.29. The topological polar surface area (TPSA) is 47.0 Å². The molecule has 2 saturated heterocycles. The van der Waals surface area contributed by atoms with Crippen molar-refractivity contribution in [1.29, 1.82) is 0 Å². The average Bonchev–Trinajstić information content (AvgIpc) is 2.70. The molecule has 2 aliphatic rings. The highest BCUT2D eigenvalue weighted by molar-refractivity contribution is 5.65. The molecule has 34 heavy (non-hydrogen) atoms. The summed E-state index contributed by atoms with van der Waals surface area (Å²) in [6, 6.07) is 3.86. The van der Waals surface area contributed by atoms with Crippen LogP contribution >= 0.6 is 0 Å². The number of piperazine rings is 1. The minimum atomic E-state index is -5.61. The lowest BCUT2D eigenvalue weighted by molar-refractivity contribution is -0.300. The van der Waals surface area contributed by atoms with Crippen LogP contribution in [-0.4, -0.2) is 76.5 Å². The second-order valence-electron chi connectivity index (χ2n) is 9.36. The van der Waals surface area contributed by atoms with Gasteiger partial charge in [0.2, 0.25) is 0 Å². The Kier molecular flexibility index (Phi) is 8.07. The molecular formula is C23H31F6N3O2. The first-order valence-electron chi connectivity index (χ1n) is 11.5. The molecule has 0 spiro atoms. The lowest BCUT2D eigenvalue weighted by atomic mass is 9.93. The highest BCUT2D eigenvalue weighted by Gasteiger charge is 2.62. The summed E-state index contributed by atoms with van der Waals surface area (Å²) < 4.78 is 80.4. The van der Waals surface area contributed by atoms with Gasteiger partial charge in [-0.1, -0.05) is 24.6 Å². The van der Waals surface area contributed by atoms with E-state index >= 15 is 0 Å². The van der Waals surface area contributed by atoms with Gasteiger partial charge < -0.3 is 10.0 Å². The van der Waals surface area contributed by atoms with E-state index in [2.05, 4.69) is 11.8 Å². The van der Waals surface area contributed by atoms with E-state index in [-0.39, 0.29) is 18.0 Å². The molecule has 3 rings (SSSR count). The molecule has 2 heterocycles. The molecule has 0 aromatic heterocycles. The Labute approximate surface area is 195 Å². The van der Waals surface area contributed by atoms with Crippen molar-refractivity contribution in [3.63, 3.8) is 0 Å². The molecule has 0 saturated carbocycles. The molecule has 1 aromatic carbocycles. The third-order valence-electron chi connectivity index (χ3n) is 7.10. The van der Waals surface area contributed by atoms with E-state index in [1.54, 1.807) is 0 Å². The molecule has 2 atom stereocenters. The third-order valence-corrected chi connectivity index (χ3v) is 7.10. The molecule has 0 aliphatic carbocycles. The highest BCUT2D eigenvalue weighted by Crippen LogP contribution is 2.44. The molecule has 0 radical (unpaired) electrons. The Hall–Kier alpha value is -2.01. The Morgan fingerprint density at radius 2 is 1.65 bits per heavy atom. The predicted octanol–water partition coefficient (Wildman–Crippen LogP) is 5.27. The number of carbonyl (C=O) groups is 1. The molecule has 0 bridgehead atoms. The smallest absolute Gasteiger partial charge is 0.407 e. The molecular weight excluding hydrogens is 464 g/mol. The van der Waals surface area contributed by atoms with Crippen LogP contribution < -0.4 is 0 Å². The minimum absolute atomic E-state index is 0.0536. The summed E-state index contributed by atoms with van der Waals surface area (Å²) in [5.74, 6) is -3.74. The van der Waals surface area contributed by atoms with Gasteiger partial charge >= 0.3 is 18.4 Å². The molecule has 1 aromatic rings. The second kappa shape index (κ2) is 10.3. The molecule has 2 fully saturated rings. The fourth-order valence-electron chi connectivity index (χ4n) is 5.09. The number of alkyl halides is 6. The monoisotopic (exact) mass is 495 g/mol. The van der Waals surface area contributed by atoms with Crippen molar-refractivity contribution in [3.05, 3.63) is 34.9 Å². The molecule has 5 nitrogen and oxygen atoms in total. The summed E-state index contributed by atoms with van der Waals surface area (Å²) >= 11 is 0. The maximum atomic E-state index is 13.4. The largest absolute Gasteiger partial charge is 0.465 e. The SMILES string of the molecule is Cc1c(CN2CCN(C(=O)O)C(C(C(F)(F)F)C(F)(F)F)C2)cccc1CN1CCCCC1C. The number of amides is 1. The van der Waals surface area contributed by atoms with Crippen LogP contribution in [0.25, 0.3) is 0 Å². The normalized spacial score (nSPS) is 23.5. The zero-order valence-corrected chi connectivity index (χ0v) is 19.3. The van der Waals surface area contributed by atoms with Crippen molar-refractivity contribution in [3.8, 4) is 0 Å². The van der Waals surface area contributed by atoms with E-state index in [4.69, 9.17) is 0 Å². The lowest BCUT2D eigenvalue weighted by Gasteiger charge is -2.44. The van der Waals surface area contributed by atoms with Crippen LogP contribution in [0.5, 0.6) is 0 Å². The van der Waals surface area contributed by atoms with Crippen molar-refractivity contribution in [1.82, 2.24) is 14.7 Å². The van der Waals surface area contributed by atoms with Crippen molar-refractivity contribution < 1.29 is 36.2 Å². The van der Waals surface area contributed by atoms with Crippen molar-refractivity contribution >= 4 is 6.09 Å². The van der Waals surface area contributed by atoms with Gasteiger partial charge in [-0.25, -0.2) is 4.79 Å². The number of piperidine rings is 1. The van der Waals surface area contributed by atoms with Crippen molar-refractivity contribution in [2.45, 2.75) is 70.6 Å². The fourth-order valence-corrected chi connectivity index (χ4v) is 5.09. The van der Waals surface area contributed by atoms with E-state index in [0.717, 1.165) is 42.6 Å². The van der Waals surface area contributed by atoms with Crippen LogP contribution in [-0.2, 0) is 13.1 Å². The van der Waals surface area contributed by atoms with Gasteiger partial charge in [0.05, 0.1) is 6.04 Å². The van der Waals surface area contributed by atoms with Crippen LogP contribution in [0.15, 0.2) is 18.2 Å².